The van der Waals surface area contributed by atoms with Gasteiger partial charge in [0.2, 0.25) is 0 Å². The highest BCUT2D eigenvalue weighted by molar-refractivity contribution is 5.46. The number of ether oxygens (including phenoxy) is 1. The first-order valence-corrected chi connectivity index (χ1v) is 11.0. The predicted molar refractivity (Wildman–Crippen MR) is 114 cm³/mol. The summed E-state index contributed by atoms with van der Waals surface area (Å²) in [6.07, 6.45) is -1.41. The van der Waals surface area contributed by atoms with Gasteiger partial charge in [-0.3, -0.25) is 0 Å². The Morgan fingerprint density at radius 1 is 0.912 bits per heavy atom. The third kappa shape index (κ3) is 6.34. The number of hydrogen-bond donors (Lipinski definition) is 0. The van der Waals surface area contributed by atoms with Crippen molar-refractivity contribution >= 4 is 0 Å². The van der Waals surface area contributed by atoms with Crippen LogP contribution in [0.25, 0.3) is 0 Å². The van der Waals surface area contributed by atoms with Crippen molar-refractivity contribution in [3.05, 3.63) is 76.6 Å². The molecule has 0 atom stereocenters. The van der Waals surface area contributed by atoms with Crippen molar-refractivity contribution in [2.24, 2.45) is 5.92 Å². The summed E-state index contributed by atoms with van der Waals surface area (Å²) in [7, 11) is 0. The molecule has 1 aliphatic carbocycles. The summed E-state index contributed by atoms with van der Waals surface area (Å²) in [6, 6.07) is 8.73. The standard InChI is InChI=1S/C26H23F7O/c1-2-3-16-6-10-19(11-7-16)20-12-8-17(9-13-20)4-5-18-14-21(27)23(22(28)15-18)34-26(32,33)24(29)25(30)31/h8-9,12-16,19H,2-3,6-7,10-11H2,1H3. The van der Waals surface area contributed by atoms with Gasteiger partial charge in [-0.25, -0.2) is 8.78 Å². The third-order valence-corrected chi connectivity index (χ3v) is 5.93. The number of halogens is 7. The fourth-order valence-corrected chi connectivity index (χ4v) is 4.19. The normalized spacial score (nSPS) is 18.1. The molecule has 1 fully saturated rings. The molecule has 0 aliphatic heterocycles. The molecule has 0 N–H and O–H groups in total. The molecule has 8 heteroatoms. The van der Waals surface area contributed by atoms with E-state index in [1.165, 1.54) is 31.2 Å². The van der Waals surface area contributed by atoms with E-state index in [4.69, 9.17) is 0 Å². The van der Waals surface area contributed by atoms with Crippen molar-refractivity contribution in [2.75, 3.05) is 0 Å². The zero-order valence-electron chi connectivity index (χ0n) is 18.4. The molecule has 34 heavy (non-hydrogen) atoms. The summed E-state index contributed by atoms with van der Waals surface area (Å²) in [5, 5.41) is 0. The molecule has 1 aliphatic rings. The second-order valence-electron chi connectivity index (χ2n) is 8.34. The second kappa shape index (κ2) is 11.0. The second-order valence-corrected chi connectivity index (χ2v) is 8.34. The summed E-state index contributed by atoms with van der Waals surface area (Å²) in [6.45, 7) is 2.20. The van der Waals surface area contributed by atoms with Gasteiger partial charge in [0.15, 0.2) is 17.4 Å². The van der Waals surface area contributed by atoms with Crippen molar-refractivity contribution in [1.29, 1.82) is 0 Å². The van der Waals surface area contributed by atoms with E-state index < -0.39 is 35.4 Å². The zero-order chi connectivity index (χ0) is 24.9. The van der Waals surface area contributed by atoms with Crippen molar-refractivity contribution in [3.8, 4) is 17.6 Å². The highest BCUT2D eigenvalue weighted by Crippen LogP contribution is 2.38. The van der Waals surface area contributed by atoms with Gasteiger partial charge in [0.25, 0.3) is 5.83 Å². The van der Waals surface area contributed by atoms with Gasteiger partial charge in [0.05, 0.1) is 0 Å². The number of rotatable bonds is 6. The zero-order valence-corrected chi connectivity index (χ0v) is 18.4. The van der Waals surface area contributed by atoms with Crippen LogP contribution in [0.4, 0.5) is 30.7 Å². The van der Waals surface area contributed by atoms with Gasteiger partial charge < -0.3 is 4.74 Å². The quantitative estimate of drug-likeness (QED) is 0.295. The Labute approximate surface area is 193 Å². The van der Waals surface area contributed by atoms with E-state index in [0.29, 0.717) is 23.6 Å². The largest absolute Gasteiger partial charge is 0.459 e. The van der Waals surface area contributed by atoms with Crippen LogP contribution in [0.3, 0.4) is 0 Å². The Morgan fingerprint density at radius 3 is 2.00 bits per heavy atom. The fraction of sp³-hybridized carbons (Fsp3) is 0.385. The van der Waals surface area contributed by atoms with E-state index in [9.17, 15) is 30.7 Å². The molecule has 182 valence electrons. The molecule has 0 heterocycles. The van der Waals surface area contributed by atoms with Crippen molar-refractivity contribution in [3.63, 3.8) is 0 Å². The lowest BCUT2D eigenvalue weighted by Gasteiger charge is -2.28. The fourth-order valence-electron chi connectivity index (χ4n) is 4.19. The number of alkyl halides is 2. The van der Waals surface area contributed by atoms with Gasteiger partial charge in [-0.05, 0) is 67.3 Å². The summed E-state index contributed by atoms with van der Waals surface area (Å²) in [4.78, 5) is 0. The Kier molecular flexibility index (Phi) is 8.29. The van der Waals surface area contributed by atoms with Crippen molar-refractivity contribution in [2.45, 2.75) is 57.5 Å². The van der Waals surface area contributed by atoms with Crippen LogP contribution in [0.15, 0.2) is 48.3 Å². The molecule has 0 amide bonds. The van der Waals surface area contributed by atoms with Gasteiger partial charge >= 0.3 is 12.2 Å². The molecule has 2 aromatic rings. The van der Waals surface area contributed by atoms with E-state index >= 15 is 0 Å². The van der Waals surface area contributed by atoms with Crippen LogP contribution in [0.2, 0.25) is 0 Å². The SMILES string of the molecule is CCCC1CCC(c2ccc(C#Cc3cc(F)c(OC(F)(F)C(F)=C(F)F)c(F)c3)cc2)CC1. The van der Waals surface area contributed by atoms with Crippen LogP contribution in [0.5, 0.6) is 5.75 Å². The molecule has 0 spiro atoms. The first-order valence-electron chi connectivity index (χ1n) is 11.0. The first kappa shape index (κ1) is 25.7. The van der Waals surface area contributed by atoms with Crippen LogP contribution in [0, 0.1) is 29.4 Å². The van der Waals surface area contributed by atoms with Gasteiger partial charge in [0, 0.05) is 11.1 Å². The van der Waals surface area contributed by atoms with Gasteiger partial charge in [0.1, 0.15) is 0 Å². The minimum Gasteiger partial charge on any atom is -0.421 e. The van der Waals surface area contributed by atoms with E-state index in [2.05, 4.69) is 23.5 Å². The monoisotopic (exact) mass is 484 g/mol. The molecule has 1 nitrogen and oxygen atoms in total. The Bertz CT molecular complexity index is 1060. The van der Waals surface area contributed by atoms with Crippen molar-refractivity contribution < 1.29 is 35.5 Å². The van der Waals surface area contributed by atoms with E-state index in [1.807, 2.05) is 12.1 Å². The molecular weight excluding hydrogens is 461 g/mol. The Morgan fingerprint density at radius 2 is 1.47 bits per heavy atom. The number of benzene rings is 2. The van der Waals surface area contributed by atoms with E-state index in [0.717, 1.165) is 18.8 Å². The van der Waals surface area contributed by atoms with E-state index in [-0.39, 0.29) is 5.56 Å². The molecule has 0 radical (unpaired) electrons. The minimum absolute atomic E-state index is 0.198. The van der Waals surface area contributed by atoms with Gasteiger partial charge in [-0.2, -0.15) is 22.0 Å². The van der Waals surface area contributed by atoms with Crippen LogP contribution in [0.1, 0.15) is 68.1 Å². The first-order chi connectivity index (χ1) is 16.1. The van der Waals surface area contributed by atoms with E-state index in [1.54, 1.807) is 12.1 Å². The third-order valence-electron chi connectivity index (χ3n) is 5.93. The Balaban J connectivity index is 1.70. The highest BCUT2D eigenvalue weighted by atomic mass is 19.3. The lowest BCUT2D eigenvalue weighted by Crippen LogP contribution is -2.27. The van der Waals surface area contributed by atoms with Crippen LogP contribution in [-0.4, -0.2) is 6.11 Å². The molecule has 0 saturated heterocycles. The lowest BCUT2D eigenvalue weighted by atomic mass is 9.77. The summed E-state index contributed by atoms with van der Waals surface area (Å²) >= 11 is 0. The van der Waals surface area contributed by atoms with Gasteiger partial charge in [-0.15, -0.1) is 0 Å². The summed E-state index contributed by atoms with van der Waals surface area (Å²) in [5.41, 5.74) is 1.60. The average molecular weight is 484 g/mol. The maximum Gasteiger partial charge on any atom is 0.459 e. The molecule has 1 saturated carbocycles. The van der Waals surface area contributed by atoms with Crippen LogP contribution in [-0.2, 0) is 0 Å². The molecule has 0 unspecified atom stereocenters. The predicted octanol–water partition coefficient (Wildman–Crippen LogP) is 8.49. The molecule has 0 aromatic heterocycles. The molecule has 2 aromatic carbocycles. The van der Waals surface area contributed by atoms with Crippen LogP contribution < -0.4 is 4.74 Å². The molecule has 3 rings (SSSR count). The Hall–Kier alpha value is -2.95. The van der Waals surface area contributed by atoms with Crippen LogP contribution >= 0.6 is 0 Å². The van der Waals surface area contributed by atoms with Gasteiger partial charge in [-0.1, -0.05) is 43.7 Å². The summed E-state index contributed by atoms with van der Waals surface area (Å²) in [5.74, 6) is -1.64. The molecule has 0 bridgehead atoms. The lowest BCUT2D eigenvalue weighted by molar-refractivity contribution is -0.162. The number of hydrogen-bond acceptors (Lipinski definition) is 1. The summed E-state index contributed by atoms with van der Waals surface area (Å²) < 4.78 is 95.3. The maximum absolute atomic E-state index is 14.1. The molecular formula is C26H23F7O. The smallest absolute Gasteiger partial charge is 0.421 e. The topological polar surface area (TPSA) is 9.23 Å². The van der Waals surface area contributed by atoms with Crippen molar-refractivity contribution in [1.82, 2.24) is 0 Å². The average Bonchev–Trinajstić information content (AvgIpc) is 2.80. The maximum atomic E-state index is 14.1. The highest BCUT2D eigenvalue weighted by Gasteiger charge is 2.43. The minimum atomic E-state index is -5.23.